The van der Waals surface area contributed by atoms with Gasteiger partial charge in [0.15, 0.2) is 0 Å². The molecule has 4 aliphatic rings. The van der Waals surface area contributed by atoms with Crippen LogP contribution in [0.4, 0.5) is 0 Å². The first-order valence-electron chi connectivity index (χ1n) is 11.8. The third-order valence-corrected chi connectivity index (χ3v) is 7.83. The number of carbonyl (C=O) groups is 1. The van der Waals surface area contributed by atoms with Crippen LogP contribution in [0, 0.1) is 34.0 Å². The highest BCUT2D eigenvalue weighted by Crippen LogP contribution is 2.60. The van der Waals surface area contributed by atoms with Gasteiger partial charge in [0.25, 0.3) is 0 Å². The van der Waals surface area contributed by atoms with Gasteiger partial charge in [-0.15, -0.1) is 0 Å². The summed E-state index contributed by atoms with van der Waals surface area (Å²) in [6.07, 6.45) is 8.38. The number of rotatable bonds is 4. The van der Waals surface area contributed by atoms with E-state index in [-0.39, 0.29) is 22.2 Å². The summed E-state index contributed by atoms with van der Waals surface area (Å²) in [6, 6.07) is 8.41. The Labute approximate surface area is 177 Å². The molecule has 0 heterocycles. The van der Waals surface area contributed by atoms with Crippen molar-refractivity contribution in [3.8, 4) is 5.75 Å². The van der Waals surface area contributed by atoms with Gasteiger partial charge in [-0.05, 0) is 97.1 Å². The lowest BCUT2D eigenvalue weighted by Crippen LogP contribution is -2.51. The zero-order valence-corrected chi connectivity index (χ0v) is 19.4. The maximum atomic E-state index is 13.2. The highest BCUT2D eigenvalue weighted by atomic mass is 16.5. The smallest absolute Gasteiger partial charge is 0.317 e. The molecule has 0 amide bonds. The number of benzene rings is 1. The van der Waals surface area contributed by atoms with Crippen LogP contribution in [0.15, 0.2) is 24.3 Å². The van der Waals surface area contributed by atoms with Crippen LogP contribution in [-0.2, 0) is 4.79 Å². The fourth-order valence-electron chi connectivity index (χ4n) is 6.88. The van der Waals surface area contributed by atoms with E-state index >= 15 is 0 Å². The van der Waals surface area contributed by atoms with E-state index < -0.39 is 0 Å². The van der Waals surface area contributed by atoms with E-state index in [4.69, 9.17) is 4.74 Å². The first-order valence-corrected chi connectivity index (χ1v) is 11.8. The third kappa shape index (κ3) is 4.42. The Hall–Kier alpha value is -1.31. The zero-order valence-electron chi connectivity index (χ0n) is 19.4. The van der Waals surface area contributed by atoms with Crippen molar-refractivity contribution < 1.29 is 9.53 Å². The topological polar surface area (TPSA) is 26.3 Å². The van der Waals surface area contributed by atoms with Crippen molar-refractivity contribution in [2.45, 2.75) is 92.4 Å². The number of esters is 1. The van der Waals surface area contributed by atoms with Crippen molar-refractivity contribution in [2.75, 3.05) is 0 Å². The predicted octanol–water partition coefficient (Wildman–Crippen LogP) is 7.37. The fourth-order valence-corrected chi connectivity index (χ4v) is 6.88. The fraction of sp³-hybridized carbons (Fsp3) is 0.741. The summed E-state index contributed by atoms with van der Waals surface area (Å²) in [5.41, 5.74) is 1.64. The van der Waals surface area contributed by atoms with E-state index in [1.807, 2.05) is 12.1 Å². The molecule has 1 atom stereocenters. The highest BCUT2D eigenvalue weighted by Gasteiger charge is 2.55. The summed E-state index contributed by atoms with van der Waals surface area (Å²) in [6.45, 7) is 13.9. The van der Waals surface area contributed by atoms with Crippen LogP contribution in [0.25, 0.3) is 0 Å². The Morgan fingerprint density at radius 1 is 0.931 bits per heavy atom. The lowest BCUT2D eigenvalue weighted by atomic mass is 9.49. The summed E-state index contributed by atoms with van der Waals surface area (Å²) in [5.74, 6) is 3.54. The summed E-state index contributed by atoms with van der Waals surface area (Å²) in [4.78, 5) is 13.2. The van der Waals surface area contributed by atoms with Crippen LogP contribution in [-0.4, -0.2) is 5.97 Å². The largest absolute Gasteiger partial charge is 0.426 e. The van der Waals surface area contributed by atoms with Gasteiger partial charge in [0.2, 0.25) is 0 Å². The Morgan fingerprint density at radius 2 is 1.41 bits per heavy atom. The standard InChI is InChI=1S/C27H40O2/c1-25(2,3)17-23(26(4,5)6)21-7-9-22(10-8-21)29-24(28)27-14-18-11-19(15-27)13-20(12-18)16-27/h7-10,18-20,23H,11-17H2,1-6H3. The second kappa shape index (κ2) is 7.13. The van der Waals surface area contributed by atoms with Gasteiger partial charge in [-0.3, -0.25) is 4.79 Å². The minimum absolute atomic E-state index is 0.0476. The molecule has 2 heteroatoms. The molecule has 0 aliphatic heterocycles. The molecule has 0 spiro atoms. The van der Waals surface area contributed by atoms with Crippen LogP contribution in [0.1, 0.15) is 98.0 Å². The molecule has 4 saturated carbocycles. The molecule has 1 aromatic carbocycles. The van der Waals surface area contributed by atoms with Crippen LogP contribution < -0.4 is 4.74 Å². The van der Waals surface area contributed by atoms with Crippen molar-refractivity contribution in [3.05, 3.63) is 29.8 Å². The van der Waals surface area contributed by atoms with E-state index in [1.165, 1.54) is 24.8 Å². The van der Waals surface area contributed by atoms with Crippen LogP contribution in [0.2, 0.25) is 0 Å². The van der Waals surface area contributed by atoms with E-state index in [2.05, 4.69) is 53.7 Å². The normalized spacial score (nSPS) is 32.3. The molecule has 1 unspecified atom stereocenters. The van der Waals surface area contributed by atoms with E-state index in [9.17, 15) is 4.79 Å². The summed E-state index contributed by atoms with van der Waals surface area (Å²) >= 11 is 0. The van der Waals surface area contributed by atoms with Gasteiger partial charge >= 0.3 is 5.97 Å². The molecule has 4 aliphatic carbocycles. The molecule has 4 fully saturated rings. The SMILES string of the molecule is CC(C)(C)CC(c1ccc(OC(=O)C23CC4CC(CC(C4)C2)C3)cc1)C(C)(C)C. The van der Waals surface area contributed by atoms with E-state index in [1.54, 1.807) is 0 Å². The van der Waals surface area contributed by atoms with Gasteiger partial charge < -0.3 is 4.74 Å². The second-order valence-corrected chi connectivity index (χ2v) is 12.8. The highest BCUT2D eigenvalue weighted by molar-refractivity contribution is 5.79. The quantitative estimate of drug-likeness (QED) is 0.392. The van der Waals surface area contributed by atoms with Crippen LogP contribution in [0.5, 0.6) is 5.75 Å². The molecule has 160 valence electrons. The van der Waals surface area contributed by atoms with Crippen molar-refractivity contribution in [3.63, 3.8) is 0 Å². The lowest BCUT2D eigenvalue weighted by Gasteiger charge is -2.55. The summed E-state index contributed by atoms with van der Waals surface area (Å²) in [5, 5.41) is 0. The average molecular weight is 397 g/mol. The molecular weight excluding hydrogens is 356 g/mol. The number of ether oxygens (including phenoxy) is 1. The average Bonchev–Trinajstić information content (AvgIpc) is 2.58. The Morgan fingerprint density at radius 3 is 1.83 bits per heavy atom. The maximum Gasteiger partial charge on any atom is 0.317 e. The lowest BCUT2D eigenvalue weighted by molar-refractivity contribution is -0.161. The van der Waals surface area contributed by atoms with E-state index in [0.717, 1.165) is 49.2 Å². The van der Waals surface area contributed by atoms with Crippen molar-refractivity contribution in [2.24, 2.45) is 34.0 Å². The summed E-state index contributed by atoms with van der Waals surface area (Å²) in [7, 11) is 0. The molecular formula is C27H40O2. The predicted molar refractivity (Wildman–Crippen MR) is 119 cm³/mol. The van der Waals surface area contributed by atoms with Gasteiger partial charge in [-0.25, -0.2) is 0 Å². The van der Waals surface area contributed by atoms with E-state index in [0.29, 0.717) is 5.92 Å². The van der Waals surface area contributed by atoms with Crippen molar-refractivity contribution in [1.82, 2.24) is 0 Å². The Kier molecular flexibility index (Phi) is 5.15. The Balaban J connectivity index is 1.47. The molecule has 5 rings (SSSR count). The number of hydrogen-bond acceptors (Lipinski definition) is 2. The van der Waals surface area contributed by atoms with Crippen LogP contribution >= 0.6 is 0 Å². The zero-order chi connectivity index (χ0) is 21.0. The maximum absolute atomic E-state index is 13.2. The van der Waals surface area contributed by atoms with Gasteiger partial charge in [0.1, 0.15) is 5.75 Å². The molecule has 2 nitrogen and oxygen atoms in total. The van der Waals surface area contributed by atoms with Gasteiger partial charge in [0, 0.05) is 0 Å². The molecule has 0 saturated heterocycles. The molecule has 29 heavy (non-hydrogen) atoms. The van der Waals surface area contributed by atoms with Crippen molar-refractivity contribution >= 4 is 5.97 Å². The molecule has 0 radical (unpaired) electrons. The number of hydrogen-bond donors (Lipinski definition) is 0. The first kappa shape index (κ1) is 20.9. The third-order valence-electron chi connectivity index (χ3n) is 7.83. The molecule has 0 aromatic heterocycles. The van der Waals surface area contributed by atoms with Crippen molar-refractivity contribution in [1.29, 1.82) is 0 Å². The summed E-state index contributed by atoms with van der Waals surface area (Å²) < 4.78 is 5.98. The molecule has 0 N–H and O–H groups in total. The second-order valence-electron chi connectivity index (χ2n) is 12.8. The molecule has 1 aromatic rings. The molecule has 4 bridgehead atoms. The number of carbonyl (C=O) groups excluding carboxylic acids is 1. The minimum atomic E-state index is -0.187. The minimum Gasteiger partial charge on any atom is -0.426 e. The first-order chi connectivity index (χ1) is 13.4. The monoisotopic (exact) mass is 396 g/mol. The van der Waals surface area contributed by atoms with Gasteiger partial charge in [-0.2, -0.15) is 0 Å². The van der Waals surface area contributed by atoms with Gasteiger partial charge in [-0.1, -0.05) is 53.7 Å². The van der Waals surface area contributed by atoms with Gasteiger partial charge in [0.05, 0.1) is 5.41 Å². The van der Waals surface area contributed by atoms with Crippen LogP contribution in [0.3, 0.4) is 0 Å². The Bertz CT molecular complexity index is 709.